The minimum Gasteiger partial charge on any atom is -0.870 e. The van der Waals surface area contributed by atoms with Gasteiger partial charge in [-0.1, -0.05) is 119 Å². The standard InChI is InChI=1S/C48H62N6O11.C43H53N5O9.Li.H2O/c1-35-18-19-50-44(31-35)54(47(58)65-48(2,3)4)21-8-11-45(56)51-34-39(55)32-38(33-46(57)59-5)36-12-14-37(15-13-36)40-16-17-43(42-10-7-6-9-41(40)42)64-30-29-63-28-27-62-26-25-61-24-23-60-22-20-52-53-49;1-32-16-17-45-36(28-32)6-2-5-9-42(50)46-31-37(49)29-35(30-43(51)52)33-10-12-34(13-11-33)38-14-15-41(40-8-4-3-7-39(38)40)57-27-26-56-25-24-55-23-22-54-21-20-53-19-18-47-48-44;;/h6-7,9-10,12-19,31,38H,8,11,20-30,32-34H2,1-5H3,(H,51,56);3-4,7-8,10-17,28,35H,2,5-6,9,18-27,29-31H2,1H3,(H,46,50)(H,51,52);;1H2/q;;+1;/p-1/t38-;35-;;/m00../s1. The summed E-state index contributed by atoms with van der Waals surface area (Å²) in [7, 11) is 1.31. The molecule has 8 aromatic rings. The molecule has 0 fully saturated rings. The topological polar surface area (TPSA) is 431 Å². The first kappa shape index (κ1) is 104. The zero-order chi connectivity index (χ0) is 87.4. The van der Waals surface area contributed by atoms with Crippen LogP contribution in [0.5, 0.6) is 11.5 Å². The molecule has 2 aromatic heterocycles. The zero-order valence-corrected chi connectivity index (χ0v) is 72.2. The number of aromatic nitrogens is 2. The second kappa shape index (κ2) is 59.8. The third-order valence-corrected chi connectivity index (χ3v) is 18.8. The number of carboxylic acids is 1. The number of azide groups is 2. The van der Waals surface area contributed by atoms with Gasteiger partial charge in [-0.2, -0.15) is 0 Å². The first-order chi connectivity index (χ1) is 59.2. The van der Waals surface area contributed by atoms with E-state index < -0.39 is 35.5 Å². The van der Waals surface area contributed by atoms with Crippen LogP contribution in [-0.4, -0.2) is 226 Å². The van der Waals surface area contributed by atoms with E-state index in [1.165, 1.54) is 12.0 Å². The van der Waals surface area contributed by atoms with E-state index in [1.807, 2.05) is 153 Å². The molecule has 0 aliphatic heterocycles. The number of ether oxygens (including phenoxy) is 12. The largest absolute Gasteiger partial charge is 1.00 e. The smallest absolute Gasteiger partial charge is 0.870 e. The summed E-state index contributed by atoms with van der Waals surface area (Å²) in [5.74, 6) is -1.56. The van der Waals surface area contributed by atoms with E-state index in [4.69, 9.17) is 67.9 Å². The number of nitrogens with zero attached hydrogens (tertiary/aromatic N) is 9. The van der Waals surface area contributed by atoms with E-state index >= 15 is 0 Å². The summed E-state index contributed by atoms with van der Waals surface area (Å²) < 4.78 is 66.6. The van der Waals surface area contributed by atoms with E-state index in [2.05, 4.69) is 40.7 Å². The van der Waals surface area contributed by atoms with Crippen LogP contribution in [0.3, 0.4) is 0 Å². The van der Waals surface area contributed by atoms with Crippen molar-refractivity contribution in [1.82, 2.24) is 20.6 Å². The monoisotopic (exact) mass is 1710 g/mol. The molecule has 124 heavy (non-hydrogen) atoms. The summed E-state index contributed by atoms with van der Waals surface area (Å²) in [6.45, 7) is 17.1. The predicted molar refractivity (Wildman–Crippen MR) is 464 cm³/mol. The summed E-state index contributed by atoms with van der Waals surface area (Å²) in [5.41, 5.74) is 24.2. The third-order valence-electron chi connectivity index (χ3n) is 18.8. The van der Waals surface area contributed by atoms with Crippen molar-refractivity contribution in [2.24, 2.45) is 10.2 Å². The molecule has 32 nitrogen and oxygen atoms in total. The second-order valence-electron chi connectivity index (χ2n) is 29.3. The molecule has 2 atom stereocenters. The number of carbonyl (C=O) groups excluding carboxylic acids is 6. The van der Waals surface area contributed by atoms with Crippen molar-refractivity contribution in [3.8, 4) is 33.8 Å². The molecule has 2 heterocycles. The molecule has 0 bridgehead atoms. The van der Waals surface area contributed by atoms with Crippen LogP contribution >= 0.6 is 0 Å². The average Bonchev–Trinajstić information content (AvgIpc) is 0.798. The number of carbonyl (C=O) groups is 7. The molecule has 0 spiro atoms. The summed E-state index contributed by atoms with van der Waals surface area (Å²) in [5, 5.41) is 25.7. The van der Waals surface area contributed by atoms with Crippen LogP contribution in [0.4, 0.5) is 10.6 Å². The van der Waals surface area contributed by atoms with Crippen LogP contribution in [-0.2, 0) is 82.6 Å². The van der Waals surface area contributed by atoms with E-state index in [-0.39, 0.29) is 99.5 Å². The predicted octanol–water partition coefficient (Wildman–Crippen LogP) is 11.7. The zero-order valence-electron chi connectivity index (χ0n) is 72.2. The third kappa shape index (κ3) is 40.2. The van der Waals surface area contributed by atoms with Crippen molar-refractivity contribution >= 4 is 68.8 Å². The summed E-state index contributed by atoms with van der Waals surface area (Å²) in [4.78, 5) is 104. The van der Waals surface area contributed by atoms with Crippen molar-refractivity contribution in [2.75, 3.05) is 164 Å². The number of hydrogen-bond donors (Lipinski definition) is 3. The Labute approximate surface area is 736 Å². The van der Waals surface area contributed by atoms with Crippen LogP contribution in [0, 0.1) is 13.8 Å². The summed E-state index contributed by atoms with van der Waals surface area (Å²) in [6, 6.07) is 46.8. The SMILES string of the molecule is COC(=O)C[C@H](CC(=O)CNC(=O)CCCN(C(=O)OC(C)(C)C)c1cc(C)ccn1)c1ccc(-c2ccc(OCCOCCOCCOCCOCCN=[N+]=[N-])c3ccccc23)cc1.Cc1ccnc(CCCCC(=O)NCC(=O)C[C@@H](CC(=O)O)c2ccc(-c3ccc(OCCOCCOCCOCCOCCN=[N+]=[N-])c4ccccc34)cc2)c1.[Li+].[OH-]. The summed E-state index contributed by atoms with van der Waals surface area (Å²) in [6.07, 6.45) is 5.61. The van der Waals surface area contributed by atoms with Gasteiger partial charge >= 0.3 is 36.9 Å². The van der Waals surface area contributed by atoms with Gasteiger partial charge in [-0.15, -0.1) is 0 Å². The number of nitrogens with one attached hydrogen (secondary N) is 2. The van der Waals surface area contributed by atoms with Gasteiger partial charge in [0.2, 0.25) is 11.8 Å². The van der Waals surface area contributed by atoms with E-state index in [1.54, 1.807) is 39.2 Å². The Kier molecular flexibility index (Phi) is 50.0. The molecule has 0 aliphatic rings. The molecule has 0 saturated carbocycles. The Bertz CT molecular complexity index is 4660. The van der Waals surface area contributed by atoms with Gasteiger partial charge in [0.15, 0.2) is 11.6 Å². The fraction of sp³-hybridized carbons (Fsp3) is 0.462. The molecule has 3 amide bonds. The Morgan fingerprint density at radius 3 is 1.30 bits per heavy atom. The maximum atomic E-state index is 13.2. The van der Waals surface area contributed by atoms with Crippen LogP contribution in [0.1, 0.15) is 118 Å². The van der Waals surface area contributed by atoms with Gasteiger partial charge in [0.05, 0.1) is 139 Å². The van der Waals surface area contributed by atoms with E-state index in [0.29, 0.717) is 157 Å². The number of anilines is 1. The van der Waals surface area contributed by atoms with Gasteiger partial charge in [0.1, 0.15) is 36.1 Å². The minimum atomic E-state index is -0.995. The molecule has 6 aromatic carbocycles. The first-order valence-corrected chi connectivity index (χ1v) is 41.1. The number of carboxylic acid groups (broad SMARTS) is 1. The normalized spacial score (nSPS) is 11.4. The van der Waals surface area contributed by atoms with Crippen LogP contribution in [0.25, 0.3) is 64.7 Å². The number of benzene rings is 6. The van der Waals surface area contributed by atoms with E-state index in [9.17, 15) is 38.7 Å². The van der Waals surface area contributed by atoms with Gasteiger partial charge in [-0.3, -0.25) is 38.7 Å². The number of fused-ring (bicyclic) bond motifs is 2. The van der Waals surface area contributed by atoms with Crippen LogP contribution in [0.2, 0.25) is 0 Å². The number of Topliss-reactive ketones (excluding diaryl/α,β-unsaturated/α-hetero) is 2. The van der Waals surface area contributed by atoms with Crippen molar-refractivity contribution < 1.29 is 120 Å². The first-order valence-electron chi connectivity index (χ1n) is 41.1. The van der Waals surface area contributed by atoms with Gasteiger partial charge in [-0.05, 0) is 163 Å². The number of ketones is 2. The van der Waals surface area contributed by atoms with Crippen molar-refractivity contribution in [1.29, 1.82) is 0 Å². The van der Waals surface area contributed by atoms with Gasteiger partial charge in [-0.25, -0.2) is 9.78 Å². The average molecular weight is 1710 g/mol. The molecule has 33 heteroatoms. The Balaban J connectivity index is 0.000000437. The number of esters is 1. The Morgan fingerprint density at radius 1 is 0.484 bits per heavy atom. The second-order valence-corrected chi connectivity index (χ2v) is 29.3. The summed E-state index contributed by atoms with van der Waals surface area (Å²) >= 11 is 0. The fourth-order valence-corrected chi connectivity index (χ4v) is 12.8. The molecular weight excluding hydrogens is 1590 g/mol. The molecule has 662 valence electrons. The maximum absolute atomic E-state index is 13.2. The molecule has 0 unspecified atom stereocenters. The number of rotatable bonds is 58. The quantitative estimate of drug-likeness (QED) is 0.00796. The Hall–Kier alpha value is -10.9. The van der Waals surface area contributed by atoms with Crippen molar-refractivity contribution in [3.05, 3.63) is 207 Å². The van der Waals surface area contributed by atoms with Gasteiger partial charge in [0.25, 0.3) is 0 Å². The van der Waals surface area contributed by atoms with Crippen LogP contribution < -0.4 is 43.9 Å². The molecule has 0 radical (unpaired) electrons. The van der Waals surface area contributed by atoms with E-state index in [0.717, 1.165) is 96.1 Å². The molecule has 0 aliphatic carbocycles. The number of unbranched alkanes of at least 4 members (excludes halogenated alkanes) is 1. The molecule has 0 saturated heterocycles. The van der Waals surface area contributed by atoms with Crippen molar-refractivity contribution in [2.45, 2.75) is 116 Å². The number of amides is 3. The molecular formula is C91H116LiN11O21. The fourth-order valence-electron chi connectivity index (χ4n) is 12.8. The number of aryl methyl sites for hydroxylation is 3. The maximum Gasteiger partial charge on any atom is 1.00 e. The molecule has 4 N–H and O–H groups in total. The van der Waals surface area contributed by atoms with Crippen molar-refractivity contribution in [3.63, 3.8) is 0 Å². The Morgan fingerprint density at radius 2 is 0.887 bits per heavy atom. The van der Waals surface area contributed by atoms with Gasteiger partial charge in [0, 0.05) is 95.8 Å². The van der Waals surface area contributed by atoms with Crippen LogP contribution in [0.15, 0.2) is 168 Å². The molecule has 8 rings (SSSR count). The van der Waals surface area contributed by atoms with Gasteiger partial charge < -0.3 is 78.1 Å². The number of methoxy groups -OCH3 is 1. The number of aliphatic carboxylic acids is 1. The number of pyridine rings is 2. The number of hydrogen-bond acceptors (Lipinski definition) is 24. The minimum absolute atomic E-state index is 0.